The summed E-state index contributed by atoms with van der Waals surface area (Å²) in [6.45, 7) is 9.54. The number of hydrogen-bond acceptors (Lipinski definition) is 3. The normalized spacial score (nSPS) is 22.9. The lowest BCUT2D eigenvalue weighted by molar-refractivity contribution is 0.0287. The van der Waals surface area contributed by atoms with Gasteiger partial charge in [0.15, 0.2) is 0 Å². The summed E-state index contributed by atoms with van der Waals surface area (Å²) in [6, 6.07) is 15.4. The fourth-order valence-corrected chi connectivity index (χ4v) is 5.30. The number of carbonyl (C=O) groups excluding carboxylic acids is 1. The van der Waals surface area contributed by atoms with Crippen molar-refractivity contribution in [1.29, 1.82) is 0 Å². The van der Waals surface area contributed by atoms with Crippen LogP contribution in [0.15, 0.2) is 42.5 Å². The van der Waals surface area contributed by atoms with E-state index in [-0.39, 0.29) is 6.09 Å². The van der Waals surface area contributed by atoms with Crippen LogP contribution in [0.3, 0.4) is 0 Å². The molecule has 152 valence electrons. The Labute approximate surface area is 173 Å². The second-order valence-electron chi connectivity index (χ2n) is 9.74. The molecule has 2 aromatic carbocycles. The predicted molar refractivity (Wildman–Crippen MR) is 116 cm³/mol. The largest absolute Gasteiger partial charge is 0.444 e. The van der Waals surface area contributed by atoms with Gasteiger partial charge < -0.3 is 14.5 Å². The van der Waals surface area contributed by atoms with Gasteiger partial charge >= 0.3 is 6.09 Å². The van der Waals surface area contributed by atoms with Crippen LogP contribution in [0.2, 0.25) is 0 Å². The standard InChI is InChI=1S/C25H30N2O2/c1-25(2,3)29-24(28)27-15-20-14-26-11-7-10-18-12-19(17-8-5-4-6-9-17)13-21(23(18)26)22(20)16-27/h4-6,8-9,12-13,20,22H,7,10-11,14-16H2,1-3H3/t20-,22+/m1/s1. The molecule has 3 aliphatic rings. The number of aryl methyl sites for hydroxylation is 1. The fraction of sp³-hybridized carbons (Fsp3) is 0.480. The van der Waals surface area contributed by atoms with Gasteiger partial charge in [-0.2, -0.15) is 0 Å². The van der Waals surface area contributed by atoms with Crippen molar-refractivity contribution in [2.45, 2.75) is 45.1 Å². The third-order valence-electron chi connectivity index (χ3n) is 6.46. The molecule has 4 heteroatoms. The molecule has 3 aliphatic heterocycles. The number of rotatable bonds is 1. The lowest BCUT2D eigenvalue weighted by Crippen LogP contribution is -2.41. The number of carbonyl (C=O) groups is 1. The van der Waals surface area contributed by atoms with Crippen LogP contribution in [0, 0.1) is 5.92 Å². The van der Waals surface area contributed by atoms with Gasteiger partial charge in [-0.1, -0.05) is 30.3 Å². The Morgan fingerprint density at radius 3 is 2.59 bits per heavy atom. The maximum Gasteiger partial charge on any atom is 0.410 e. The summed E-state index contributed by atoms with van der Waals surface area (Å²) < 4.78 is 5.67. The highest BCUT2D eigenvalue weighted by molar-refractivity contribution is 5.75. The molecule has 0 N–H and O–H groups in total. The number of benzene rings is 2. The minimum absolute atomic E-state index is 0.172. The van der Waals surface area contributed by atoms with E-state index in [1.54, 1.807) is 0 Å². The van der Waals surface area contributed by atoms with Crippen LogP contribution in [0.25, 0.3) is 11.1 Å². The van der Waals surface area contributed by atoms with Crippen molar-refractivity contribution in [2.24, 2.45) is 5.92 Å². The van der Waals surface area contributed by atoms with Gasteiger partial charge in [-0.15, -0.1) is 0 Å². The smallest absolute Gasteiger partial charge is 0.410 e. The van der Waals surface area contributed by atoms with Crippen molar-refractivity contribution in [1.82, 2.24) is 4.90 Å². The van der Waals surface area contributed by atoms with E-state index in [1.165, 1.54) is 34.4 Å². The van der Waals surface area contributed by atoms with Crippen LogP contribution in [0.1, 0.15) is 44.2 Å². The summed E-state index contributed by atoms with van der Waals surface area (Å²) in [4.78, 5) is 17.2. The first kappa shape index (κ1) is 18.5. The van der Waals surface area contributed by atoms with E-state index < -0.39 is 5.60 Å². The highest BCUT2D eigenvalue weighted by Crippen LogP contribution is 2.48. The molecular formula is C25H30N2O2. The summed E-state index contributed by atoms with van der Waals surface area (Å²) >= 11 is 0. The molecule has 5 rings (SSSR count). The minimum Gasteiger partial charge on any atom is -0.444 e. The molecule has 0 saturated carbocycles. The molecular weight excluding hydrogens is 360 g/mol. The van der Waals surface area contributed by atoms with Gasteiger partial charge in [0.2, 0.25) is 0 Å². The topological polar surface area (TPSA) is 32.8 Å². The van der Waals surface area contributed by atoms with E-state index in [9.17, 15) is 4.79 Å². The Morgan fingerprint density at radius 2 is 1.83 bits per heavy atom. The molecule has 2 aromatic rings. The van der Waals surface area contributed by atoms with E-state index in [0.717, 1.165) is 32.6 Å². The number of ether oxygens (including phenoxy) is 1. The number of nitrogens with zero attached hydrogens (tertiary/aromatic N) is 2. The van der Waals surface area contributed by atoms with Crippen molar-refractivity contribution in [3.8, 4) is 11.1 Å². The maximum absolute atomic E-state index is 12.7. The molecule has 0 radical (unpaired) electrons. The zero-order valence-corrected chi connectivity index (χ0v) is 17.6. The zero-order chi connectivity index (χ0) is 20.2. The van der Waals surface area contributed by atoms with Gasteiger partial charge in [0, 0.05) is 43.7 Å². The molecule has 0 unspecified atom stereocenters. The van der Waals surface area contributed by atoms with Crippen LogP contribution < -0.4 is 4.90 Å². The first-order valence-corrected chi connectivity index (χ1v) is 10.8. The van der Waals surface area contributed by atoms with E-state index in [2.05, 4.69) is 47.4 Å². The average Bonchev–Trinajstić information content (AvgIpc) is 3.12. The number of likely N-dealkylation sites (tertiary alicyclic amines) is 1. The predicted octanol–water partition coefficient (Wildman–Crippen LogP) is 5.07. The molecule has 2 atom stereocenters. The van der Waals surface area contributed by atoms with Crippen LogP contribution in [0.5, 0.6) is 0 Å². The summed E-state index contributed by atoms with van der Waals surface area (Å²) in [5.41, 5.74) is 6.48. The zero-order valence-electron chi connectivity index (χ0n) is 17.6. The van der Waals surface area contributed by atoms with Crippen molar-refractivity contribution < 1.29 is 9.53 Å². The van der Waals surface area contributed by atoms with E-state index in [4.69, 9.17) is 4.74 Å². The van der Waals surface area contributed by atoms with E-state index >= 15 is 0 Å². The Kier molecular flexibility index (Phi) is 4.34. The second-order valence-corrected chi connectivity index (χ2v) is 9.74. The molecule has 3 heterocycles. The van der Waals surface area contributed by atoms with Crippen molar-refractivity contribution in [2.75, 3.05) is 31.1 Å². The van der Waals surface area contributed by atoms with Crippen LogP contribution in [0.4, 0.5) is 10.5 Å². The van der Waals surface area contributed by atoms with Gasteiger partial charge in [0.1, 0.15) is 5.60 Å². The molecule has 1 saturated heterocycles. The van der Waals surface area contributed by atoms with Crippen LogP contribution in [-0.2, 0) is 11.2 Å². The molecule has 0 aliphatic carbocycles. The van der Waals surface area contributed by atoms with Gasteiger partial charge in [-0.3, -0.25) is 0 Å². The number of amides is 1. The fourth-order valence-electron chi connectivity index (χ4n) is 5.30. The Bertz CT molecular complexity index is 932. The van der Waals surface area contributed by atoms with E-state index in [0.29, 0.717) is 11.8 Å². The van der Waals surface area contributed by atoms with Crippen LogP contribution >= 0.6 is 0 Å². The summed E-state index contributed by atoms with van der Waals surface area (Å²) in [6.07, 6.45) is 2.18. The maximum atomic E-state index is 12.7. The molecule has 0 aromatic heterocycles. The summed E-state index contributed by atoms with van der Waals surface area (Å²) in [7, 11) is 0. The van der Waals surface area contributed by atoms with Gasteiger partial charge in [0.25, 0.3) is 0 Å². The first-order valence-electron chi connectivity index (χ1n) is 10.8. The first-order chi connectivity index (χ1) is 13.9. The Morgan fingerprint density at radius 1 is 1.03 bits per heavy atom. The highest BCUT2D eigenvalue weighted by Gasteiger charge is 2.44. The van der Waals surface area contributed by atoms with Gasteiger partial charge in [-0.25, -0.2) is 4.79 Å². The van der Waals surface area contributed by atoms with Crippen molar-refractivity contribution in [3.63, 3.8) is 0 Å². The van der Waals surface area contributed by atoms with Gasteiger partial charge in [0.05, 0.1) is 0 Å². The monoisotopic (exact) mass is 390 g/mol. The van der Waals surface area contributed by atoms with Crippen LogP contribution in [-0.4, -0.2) is 42.8 Å². The number of hydrogen-bond donors (Lipinski definition) is 0. The molecule has 0 bridgehead atoms. The molecule has 29 heavy (non-hydrogen) atoms. The molecule has 1 fully saturated rings. The van der Waals surface area contributed by atoms with E-state index in [1.807, 2.05) is 25.7 Å². The third-order valence-corrected chi connectivity index (χ3v) is 6.46. The number of anilines is 1. The third kappa shape index (κ3) is 3.39. The Balaban J connectivity index is 1.52. The highest BCUT2D eigenvalue weighted by atomic mass is 16.6. The lowest BCUT2D eigenvalue weighted by Gasteiger charge is -2.42. The second kappa shape index (κ2) is 6.79. The van der Waals surface area contributed by atoms with Crippen molar-refractivity contribution in [3.05, 3.63) is 53.6 Å². The molecule has 1 amide bonds. The quantitative estimate of drug-likeness (QED) is 0.681. The lowest BCUT2D eigenvalue weighted by atomic mass is 9.79. The summed E-state index contributed by atoms with van der Waals surface area (Å²) in [5, 5.41) is 0. The molecule has 0 spiro atoms. The SMILES string of the molecule is CC(C)(C)OC(=O)N1C[C@H]2CN3CCCc4cc(-c5ccccc5)cc(c43)[C@H]2C1. The number of fused-ring (bicyclic) bond motifs is 2. The molecule has 4 nitrogen and oxygen atoms in total. The Hall–Kier alpha value is -2.49. The van der Waals surface area contributed by atoms with Crippen molar-refractivity contribution >= 4 is 11.8 Å². The average molecular weight is 391 g/mol. The minimum atomic E-state index is -0.453. The van der Waals surface area contributed by atoms with Gasteiger partial charge in [-0.05, 0) is 68.0 Å². The summed E-state index contributed by atoms with van der Waals surface area (Å²) in [5.74, 6) is 0.876.